The first-order valence-corrected chi connectivity index (χ1v) is 5.79. The fourth-order valence-corrected chi connectivity index (χ4v) is 2.60. The van der Waals surface area contributed by atoms with Gasteiger partial charge in [0.25, 0.3) is 0 Å². The highest BCUT2D eigenvalue weighted by Gasteiger charge is 2.36. The number of rotatable bonds is 1. The molecule has 94 valence electrons. The van der Waals surface area contributed by atoms with E-state index >= 15 is 0 Å². The predicted octanol–water partition coefficient (Wildman–Crippen LogP) is 2.16. The molecule has 0 bridgehead atoms. The van der Waals surface area contributed by atoms with Gasteiger partial charge in [0.15, 0.2) is 5.82 Å². The van der Waals surface area contributed by atoms with E-state index in [0.717, 1.165) is 0 Å². The highest BCUT2D eigenvalue weighted by Crippen LogP contribution is 2.40. The number of aryl methyl sites for hydroxylation is 1. The molecule has 2 aromatic rings. The monoisotopic (exact) mass is 250 g/mol. The molecule has 1 aromatic heterocycles. The van der Waals surface area contributed by atoms with Crippen molar-refractivity contribution in [3.8, 4) is 0 Å². The van der Waals surface area contributed by atoms with E-state index in [2.05, 4.69) is 15.5 Å². The van der Waals surface area contributed by atoms with Crippen LogP contribution in [0.1, 0.15) is 35.7 Å². The van der Waals surface area contributed by atoms with Crippen LogP contribution in [0.3, 0.4) is 0 Å². The Kier molecular flexibility index (Phi) is 2.39. The molecule has 0 saturated heterocycles. The fraction of sp³-hybridized carbons (Fsp3) is 0.417. The molecule has 1 aliphatic rings. The molecule has 0 unspecified atom stereocenters. The number of tetrazole rings is 1. The molecule has 3 rings (SSSR count). The summed E-state index contributed by atoms with van der Waals surface area (Å²) in [6.45, 7) is 3.98. The Balaban J connectivity index is 2.06. The van der Waals surface area contributed by atoms with Crippen LogP contribution in [0.15, 0.2) is 12.1 Å². The van der Waals surface area contributed by atoms with Gasteiger partial charge >= 0.3 is 0 Å². The zero-order valence-electron chi connectivity index (χ0n) is 10.1. The van der Waals surface area contributed by atoms with E-state index < -0.39 is 11.6 Å². The van der Waals surface area contributed by atoms with E-state index in [1.54, 1.807) is 11.6 Å². The van der Waals surface area contributed by atoms with Gasteiger partial charge in [-0.25, -0.2) is 13.5 Å². The second kappa shape index (κ2) is 3.83. The van der Waals surface area contributed by atoms with E-state index in [1.807, 2.05) is 6.92 Å². The van der Waals surface area contributed by atoms with Gasteiger partial charge in [0.1, 0.15) is 11.6 Å². The van der Waals surface area contributed by atoms with Crippen molar-refractivity contribution in [3.05, 3.63) is 40.7 Å². The molecule has 0 aliphatic carbocycles. The summed E-state index contributed by atoms with van der Waals surface area (Å²) in [5, 5.41) is 11.3. The predicted molar refractivity (Wildman–Crippen MR) is 60.1 cm³/mol. The average molecular weight is 250 g/mol. The van der Waals surface area contributed by atoms with Crippen LogP contribution >= 0.6 is 0 Å². The lowest BCUT2D eigenvalue weighted by atomic mass is 9.88. The second-order valence-electron chi connectivity index (χ2n) is 4.76. The first-order valence-electron chi connectivity index (χ1n) is 5.79. The van der Waals surface area contributed by atoms with Crippen LogP contribution in [0.2, 0.25) is 0 Å². The summed E-state index contributed by atoms with van der Waals surface area (Å²) in [7, 11) is 0. The van der Waals surface area contributed by atoms with E-state index in [1.165, 1.54) is 12.1 Å². The average Bonchev–Trinajstić information content (AvgIpc) is 2.82. The minimum Gasteiger partial charge on any atom is -0.229 e. The molecule has 0 saturated carbocycles. The van der Waals surface area contributed by atoms with Gasteiger partial charge in [0, 0.05) is 17.4 Å². The molecule has 18 heavy (non-hydrogen) atoms. The molecule has 2 atom stereocenters. The van der Waals surface area contributed by atoms with Gasteiger partial charge in [-0.05, 0) is 35.0 Å². The first kappa shape index (κ1) is 11.3. The molecule has 6 heteroatoms. The molecular weight excluding hydrogens is 238 g/mol. The van der Waals surface area contributed by atoms with Crippen LogP contribution in [0, 0.1) is 18.6 Å². The van der Waals surface area contributed by atoms with Crippen molar-refractivity contribution in [2.24, 2.45) is 0 Å². The molecule has 1 aromatic carbocycles. The van der Waals surface area contributed by atoms with Gasteiger partial charge < -0.3 is 0 Å². The van der Waals surface area contributed by atoms with Crippen molar-refractivity contribution >= 4 is 0 Å². The number of halogens is 2. The van der Waals surface area contributed by atoms with Crippen molar-refractivity contribution < 1.29 is 8.78 Å². The lowest BCUT2D eigenvalue weighted by molar-refractivity contribution is 0.473. The Morgan fingerprint density at radius 2 is 1.94 bits per heavy atom. The van der Waals surface area contributed by atoms with Crippen LogP contribution in [0.5, 0.6) is 0 Å². The number of benzene rings is 1. The molecular formula is C12H12F2N4. The Morgan fingerprint density at radius 3 is 2.56 bits per heavy atom. The quantitative estimate of drug-likeness (QED) is 0.779. The molecule has 0 spiro atoms. The number of nitrogens with zero attached hydrogens (tertiary/aromatic N) is 4. The molecule has 2 heterocycles. The molecule has 0 amide bonds. The number of hydrogen-bond acceptors (Lipinski definition) is 3. The van der Waals surface area contributed by atoms with Gasteiger partial charge in [-0.3, -0.25) is 0 Å². The van der Waals surface area contributed by atoms with Gasteiger partial charge in [-0.2, -0.15) is 0 Å². The highest BCUT2D eigenvalue weighted by atomic mass is 19.1. The van der Waals surface area contributed by atoms with Gasteiger partial charge in [-0.1, -0.05) is 6.92 Å². The summed E-state index contributed by atoms with van der Waals surface area (Å²) in [4.78, 5) is 0. The zero-order valence-corrected chi connectivity index (χ0v) is 10.1. The third-order valence-electron chi connectivity index (χ3n) is 3.53. The summed E-state index contributed by atoms with van der Waals surface area (Å²) in [5.41, 5.74) is 0.706. The SMILES string of the molecule is Cc1cc(F)c([C@@H]2Cn3nnnc3[C@H]2C)c(F)c1. The normalized spacial score (nSPS) is 22.2. The Bertz CT molecular complexity index is 585. The molecule has 4 nitrogen and oxygen atoms in total. The maximum absolute atomic E-state index is 14.0. The first-order chi connectivity index (χ1) is 8.58. The number of hydrogen-bond donors (Lipinski definition) is 0. The molecule has 1 aliphatic heterocycles. The maximum Gasteiger partial charge on any atom is 0.154 e. The maximum atomic E-state index is 14.0. The largest absolute Gasteiger partial charge is 0.229 e. The van der Waals surface area contributed by atoms with Crippen LogP contribution in [-0.4, -0.2) is 20.2 Å². The molecule has 0 fully saturated rings. The number of aromatic nitrogens is 4. The highest BCUT2D eigenvalue weighted by molar-refractivity contribution is 5.31. The standard InChI is InChI=1S/C12H12F2N4/c1-6-3-9(13)11(10(14)4-6)8-5-18-12(7(8)2)15-16-17-18/h3-4,7-8H,5H2,1-2H3/t7-,8+/m0/s1. The summed E-state index contributed by atoms with van der Waals surface area (Å²) in [6.07, 6.45) is 0. The second-order valence-corrected chi connectivity index (χ2v) is 4.76. The summed E-state index contributed by atoms with van der Waals surface area (Å²) in [6, 6.07) is 2.72. The third-order valence-corrected chi connectivity index (χ3v) is 3.53. The lowest BCUT2D eigenvalue weighted by Crippen LogP contribution is -2.10. The Labute approximate surface area is 103 Å². The van der Waals surface area contributed by atoms with Gasteiger partial charge in [0.05, 0.1) is 6.54 Å². The molecule has 0 radical (unpaired) electrons. The molecule has 0 N–H and O–H groups in total. The fourth-order valence-electron chi connectivity index (χ4n) is 2.60. The Morgan fingerprint density at radius 1 is 1.28 bits per heavy atom. The van der Waals surface area contributed by atoms with Gasteiger partial charge in [0.2, 0.25) is 0 Å². The lowest BCUT2D eigenvalue weighted by Gasteiger charge is -2.16. The van der Waals surface area contributed by atoms with E-state index in [4.69, 9.17) is 0 Å². The van der Waals surface area contributed by atoms with Crippen LogP contribution < -0.4 is 0 Å². The minimum absolute atomic E-state index is 0.0910. The minimum atomic E-state index is -0.497. The van der Waals surface area contributed by atoms with Crippen molar-refractivity contribution in [1.29, 1.82) is 0 Å². The van der Waals surface area contributed by atoms with Crippen molar-refractivity contribution in [1.82, 2.24) is 20.2 Å². The van der Waals surface area contributed by atoms with E-state index in [-0.39, 0.29) is 17.4 Å². The van der Waals surface area contributed by atoms with Crippen LogP contribution in [0.25, 0.3) is 0 Å². The Hall–Kier alpha value is -1.85. The van der Waals surface area contributed by atoms with Crippen LogP contribution in [0.4, 0.5) is 8.78 Å². The van der Waals surface area contributed by atoms with Crippen molar-refractivity contribution in [3.63, 3.8) is 0 Å². The zero-order chi connectivity index (χ0) is 12.9. The van der Waals surface area contributed by atoms with Crippen LogP contribution in [-0.2, 0) is 6.54 Å². The third kappa shape index (κ3) is 1.52. The van der Waals surface area contributed by atoms with E-state index in [0.29, 0.717) is 17.9 Å². The van der Waals surface area contributed by atoms with Gasteiger partial charge in [-0.15, -0.1) is 5.10 Å². The number of fused-ring (bicyclic) bond motifs is 1. The van der Waals surface area contributed by atoms with Crippen molar-refractivity contribution in [2.75, 3.05) is 0 Å². The summed E-state index contributed by atoms with van der Waals surface area (Å²) < 4.78 is 29.5. The topological polar surface area (TPSA) is 43.6 Å². The summed E-state index contributed by atoms with van der Waals surface area (Å²) in [5.74, 6) is -0.680. The van der Waals surface area contributed by atoms with Crippen molar-refractivity contribution in [2.45, 2.75) is 32.2 Å². The summed E-state index contributed by atoms with van der Waals surface area (Å²) >= 11 is 0. The van der Waals surface area contributed by atoms with E-state index in [9.17, 15) is 8.78 Å². The smallest absolute Gasteiger partial charge is 0.154 e.